The molecule has 90 valence electrons. The normalized spacial score (nSPS) is 10.8. The van der Waals surface area contributed by atoms with Crippen molar-refractivity contribution in [2.24, 2.45) is 0 Å². The minimum absolute atomic E-state index is 0.183. The van der Waals surface area contributed by atoms with Gasteiger partial charge in [-0.2, -0.15) is 0 Å². The SMILES string of the molecule is Cc1cc(Br)cc(-n2cc(CCCO)nn2)c1. The van der Waals surface area contributed by atoms with Crippen LogP contribution in [0.2, 0.25) is 0 Å². The standard InChI is InChI=1S/C12H14BrN3O/c1-9-5-10(13)7-12(6-9)16-8-11(14-15-16)3-2-4-17/h5-8,17H,2-4H2,1H3. The molecular formula is C12H14BrN3O. The van der Waals surface area contributed by atoms with Crippen LogP contribution in [0.1, 0.15) is 17.7 Å². The number of hydrogen-bond donors (Lipinski definition) is 1. The van der Waals surface area contributed by atoms with E-state index in [4.69, 9.17) is 5.11 Å². The lowest BCUT2D eigenvalue weighted by Crippen LogP contribution is -1.95. The van der Waals surface area contributed by atoms with Crippen LogP contribution in [0.4, 0.5) is 0 Å². The molecule has 0 saturated carbocycles. The fourth-order valence-corrected chi connectivity index (χ4v) is 2.24. The van der Waals surface area contributed by atoms with E-state index in [1.165, 1.54) is 5.56 Å². The molecule has 0 aliphatic rings. The Morgan fingerprint density at radius 3 is 2.88 bits per heavy atom. The van der Waals surface area contributed by atoms with E-state index < -0.39 is 0 Å². The zero-order valence-corrected chi connectivity index (χ0v) is 11.2. The quantitative estimate of drug-likeness (QED) is 0.941. The van der Waals surface area contributed by atoms with E-state index in [-0.39, 0.29) is 6.61 Å². The van der Waals surface area contributed by atoms with Crippen molar-refractivity contribution in [1.29, 1.82) is 0 Å². The number of benzene rings is 1. The molecule has 4 nitrogen and oxygen atoms in total. The van der Waals surface area contributed by atoms with E-state index in [1.807, 2.05) is 25.3 Å². The highest BCUT2D eigenvalue weighted by atomic mass is 79.9. The number of aromatic nitrogens is 3. The zero-order valence-electron chi connectivity index (χ0n) is 9.60. The van der Waals surface area contributed by atoms with Crippen LogP contribution >= 0.6 is 15.9 Å². The number of nitrogens with zero attached hydrogens (tertiary/aromatic N) is 3. The van der Waals surface area contributed by atoms with Gasteiger partial charge in [0.05, 0.1) is 17.6 Å². The number of rotatable bonds is 4. The summed E-state index contributed by atoms with van der Waals surface area (Å²) in [6.07, 6.45) is 3.37. The lowest BCUT2D eigenvalue weighted by Gasteiger charge is -2.02. The van der Waals surface area contributed by atoms with Crippen molar-refractivity contribution < 1.29 is 5.11 Å². The van der Waals surface area contributed by atoms with Gasteiger partial charge in [0.15, 0.2) is 0 Å². The van der Waals surface area contributed by atoms with Crippen LogP contribution < -0.4 is 0 Å². The summed E-state index contributed by atoms with van der Waals surface area (Å²) in [4.78, 5) is 0. The summed E-state index contributed by atoms with van der Waals surface area (Å²) in [7, 11) is 0. The Morgan fingerprint density at radius 1 is 1.35 bits per heavy atom. The Balaban J connectivity index is 2.24. The molecule has 5 heteroatoms. The predicted molar refractivity (Wildman–Crippen MR) is 69.2 cm³/mol. The third-order valence-electron chi connectivity index (χ3n) is 2.42. The van der Waals surface area contributed by atoms with Crippen LogP contribution in [0.25, 0.3) is 5.69 Å². The van der Waals surface area contributed by atoms with Gasteiger partial charge in [-0.25, -0.2) is 4.68 Å². The summed E-state index contributed by atoms with van der Waals surface area (Å²) in [5.74, 6) is 0. The van der Waals surface area contributed by atoms with E-state index in [2.05, 4.69) is 32.3 Å². The van der Waals surface area contributed by atoms with Crippen molar-refractivity contribution in [1.82, 2.24) is 15.0 Å². The molecule has 0 aliphatic heterocycles. The largest absolute Gasteiger partial charge is 0.396 e. The first-order valence-electron chi connectivity index (χ1n) is 5.48. The first-order valence-corrected chi connectivity index (χ1v) is 6.28. The molecule has 1 aromatic carbocycles. The molecule has 0 aliphatic carbocycles. The fourth-order valence-electron chi connectivity index (χ4n) is 1.65. The molecule has 0 amide bonds. The van der Waals surface area contributed by atoms with Crippen LogP contribution in [0, 0.1) is 6.92 Å². The maximum atomic E-state index is 8.76. The first kappa shape index (κ1) is 12.3. The van der Waals surface area contributed by atoms with Gasteiger partial charge in [0.25, 0.3) is 0 Å². The maximum absolute atomic E-state index is 8.76. The van der Waals surface area contributed by atoms with Gasteiger partial charge < -0.3 is 5.11 Å². The number of aliphatic hydroxyl groups is 1. The monoisotopic (exact) mass is 295 g/mol. The zero-order chi connectivity index (χ0) is 12.3. The Kier molecular flexibility index (Phi) is 3.91. The molecule has 0 unspecified atom stereocenters. The van der Waals surface area contributed by atoms with E-state index in [0.29, 0.717) is 0 Å². The molecule has 0 radical (unpaired) electrons. The van der Waals surface area contributed by atoms with Gasteiger partial charge in [0.2, 0.25) is 0 Å². The predicted octanol–water partition coefficient (Wildman–Crippen LogP) is 2.26. The van der Waals surface area contributed by atoms with Crippen molar-refractivity contribution in [3.63, 3.8) is 0 Å². The molecule has 2 aromatic rings. The number of aliphatic hydroxyl groups excluding tert-OH is 1. The lowest BCUT2D eigenvalue weighted by molar-refractivity contribution is 0.288. The topological polar surface area (TPSA) is 50.9 Å². The van der Waals surface area contributed by atoms with Gasteiger partial charge in [-0.3, -0.25) is 0 Å². The Bertz CT molecular complexity index is 490. The Morgan fingerprint density at radius 2 is 2.18 bits per heavy atom. The second-order valence-electron chi connectivity index (χ2n) is 3.97. The Labute approximate surface area is 108 Å². The molecule has 0 saturated heterocycles. The smallest absolute Gasteiger partial charge is 0.0832 e. The summed E-state index contributed by atoms with van der Waals surface area (Å²) in [5, 5.41) is 16.9. The fraction of sp³-hybridized carbons (Fsp3) is 0.333. The molecule has 2 rings (SSSR count). The van der Waals surface area contributed by atoms with Crippen molar-refractivity contribution in [3.05, 3.63) is 40.1 Å². The van der Waals surface area contributed by atoms with Gasteiger partial charge in [-0.15, -0.1) is 5.10 Å². The van der Waals surface area contributed by atoms with Crippen LogP contribution in [0.15, 0.2) is 28.9 Å². The maximum Gasteiger partial charge on any atom is 0.0832 e. The van der Waals surface area contributed by atoms with Gasteiger partial charge in [-0.1, -0.05) is 21.1 Å². The van der Waals surface area contributed by atoms with Gasteiger partial charge >= 0.3 is 0 Å². The van der Waals surface area contributed by atoms with Crippen molar-refractivity contribution in [2.75, 3.05) is 6.61 Å². The van der Waals surface area contributed by atoms with Crippen LogP contribution in [0.3, 0.4) is 0 Å². The van der Waals surface area contributed by atoms with E-state index >= 15 is 0 Å². The minimum atomic E-state index is 0.183. The second kappa shape index (κ2) is 5.42. The molecular weight excluding hydrogens is 282 g/mol. The molecule has 1 aromatic heterocycles. The number of halogens is 1. The minimum Gasteiger partial charge on any atom is -0.396 e. The Hall–Kier alpha value is -1.20. The third-order valence-corrected chi connectivity index (χ3v) is 2.88. The molecule has 1 N–H and O–H groups in total. The molecule has 0 fully saturated rings. The van der Waals surface area contributed by atoms with Crippen LogP contribution in [0.5, 0.6) is 0 Å². The third kappa shape index (κ3) is 3.14. The van der Waals surface area contributed by atoms with Crippen molar-refractivity contribution in [2.45, 2.75) is 19.8 Å². The van der Waals surface area contributed by atoms with E-state index in [9.17, 15) is 0 Å². The highest BCUT2D eigenvalue weighted by Crippen LogP contribution is 2.18. The van der Waals surface area contributed by atoms with Gasteiger partial charge in [0.1, 0.15) is 0 Å². The summed E-state index contributed by atoms with van der Waals surface area (Å²) in [6.45, 7) is 2.22. The van der Waals surface area contributed by atoms with Gasteiger partial charge in [-0.05, 0) is 43.5 Å². The summed E-state index contributed by atoms with van der Waals surface area (Å²) < 4.78 is 2.78. The average molecular weight is 296 g/mol. The second-order valence-corrected chi connectivity index (χ2v) is 4.88. The van der Waals surface area contributed by atoms with Crippen molar-refractivity contribution >= 4 is 15.9 Å². The van der Waals surface area contributed by atoms with E-state index in [1.54, 1.807) is 4.68 Å². The molecule has 0 spiro atoms. The number of aryl methyl sites for hydroxylation is 2. The summed E-state index contributed by atoms with van der Waals surface area (Å²) >= 11 is 3.46. The molecule has 17 heavy (non-hydrogen) atoms. The highest BCUT2D eigenvalue weighted by molar-refractivity contribution is 9.10. The molecule has 1 heterocycles. The highest BCUT2D eigenvalue weighted by Gasteiger charge is 2.04. The van der Waals surface area contributed by atoms with E-state index in [0.717, 1.165) is 28.7 Å². The summed E-state index contributed by atoms with van der Waals surface area (Å²) in [5.41, 5.74) is 3.05. The molecule has 0 bridgehead atoms. The van der Waals surface area contributed by atoms with Crippen LogP contribution in [-0.2, 0) is 6.42 Å². The van der Waals surface area contributed by atoms with Gasteiger partial charge in [0, 0.05) is 11.1 Å². The number of hydrogen-bond acceptors (Lipinski definition) is 3. The van der Waals surface area contributed by atoms with Crippen LogP contribution in [-0.4, -0.2) is 26.7 Å². The molecule has 0 atom stereocenters. The average Bonchev–Trinajstić information content (AvgIpc) is 2.73. The lowest BCUT2D eigenvalue weighted by atomic mass is 10.2. The summed E-state index contributed by atoms with van der Waals surface area (Å²) in [6, 6.07) is 6.10. The van der Waals surface area contributed by atoms with Crippen molar-refractivity contribution in [3.8, 4) is 5.69 Å². The first-order chi connectivity index (χ1) is 8.19.